The van der Waals surface area contributed by atoms with E-state index in [-0.39, 0.29) is 6.10 Å². The quantitative estimate of drug-likeness (QED) is 0.889. The zero-order valence-corrected chi connectivity index (χ0v) is 11.5. The van der Waals surface area contributed by atoms with Gasteiger partial charge in [0.05, 0.1) is 6.10 Å². The van der Waals surface area contributed by atoms with Crippen LogP contribution in [0.25, 0.3) is 0 Å². The summed E-state index contributed by atoms with van der Waals surface area (Å²) in [6.07, 6.45) is 3.32. The van der Waals surface area contributed by atoms with Gasteiger partial charge < -0.3 is 15.0 Å². The van der Waals surface area contributed by atoms with Crippen molar-refractivity contribution in [2.75, 3.05) is 31.6 Å². The van der Waals surface area contributed by atoms with Gasteiger partial charge in [-0.1, -0.05) is 6.07 Å². The van der Waals surface area contributed by atoms with Gasteiger partial charge in [-0.25, -0.2) is 4.98 Å². The molecule has 4 heteroatoms. The minimum Gasteiger partial charge on any atom is -0.377 e. The smallest absolute Gasteiger partial charge is 0.128 e. The fourth-order valence-electron chi connectivity index (χ4n) is 2.21. The Bertz CT molecular complexity index is 366. The first-order valence-electron chi connectivity index (χ1n) is 6.70. The van der Waals surface area contributed by atoms with Crippen molar-refractivity contribution in [1.82, 2.24) is 10.3 Å². The van der Waals surface area contributed by atoms with Crippen molar-refractivity contribution < 1.29 is 4.74 Å². The van der Waals surface area contributed by atoms with Crippen LogP contribution in [-0.2, 0) is 4.74 Å². The summed E-state index contributed by atoms with van der Waals surface area (Å²) in [5.74, 6) is 1.06. The molecule has 2 heterocycles. The van der Waals surface area contributed by atoms with Crippen molar-refractivity contribution in [2.45, 2.75) is 32.4 Å². The molecule has 0 aromatic carbocycles. The van der Waals surface area contributed by atoms with Crippen LogP contribution in [0.5, 0.6) is 0 Å². The summed E-state index contributed by atoms with van der Waals surface area (Å²) in [5, 5.41) is 3.22. The molecule has 0 aliphatic carbocycles. The highest BCUT2D eigenvalue weighted by molar-refractivity contribution is 5.40. The molecule has 1 N–H and O–H groups in total. The minimum atomic E-state index is 0.283. The Kier molecular flexibility index (Phi) is 4.55. The lowest BCUT2D eigenvalue weighted by atomic mass is 10.1. The Morgan fingerprint density at radius 3 is 3.00 bits per heavy atom. The number of rotatable bonds is 3. The maximum absolute atomic E-state index is 5.65. The summed E-state index contributed by atoms with van der Waals surface area (Å²) in [4.78, 5) is 6.89. The van der Waals surface area contributed by atoms with E-state index in [2.05, 4.69) is 41.2 Å². The van der Waals surface area contributed by atoms with Crippen LogP contribution in [0, 0.1) is 0 Å². The molecule has 0 amide bonds. The first kappa shape index (κ1) is 13.3. The summed E-state index contributed by atoms with van der Waals surface area (Å²) in [7, 11) is 1.96. The van der Waals surface area contributed by atoms with Gasteiger partial charge in [0.2, 0.25) is 0 Å². The SMILES string of the molecule is CNC(C)c1ccc(N2CCCOC(C)C2)nc1. The summed E-state index contributed by atoms with van der Waals surface area (Å²) < 4.78 is 5.65. The maximum Gasteiger partial charge on any atom is 0.128 e. The number of anilines is 1. The summed E-state index contributed by atoms with van der Waals surface area (Å²) in [5.41, 5.74) is 1.22. The molecule has 1 fully saturated rings. The molecule has 0 spiro atoms. The Labute approximate surface area is 109 Å². The third-order valence-corrected chi connectivity index (χ3v) is 3.48. The lowest BCUT2D eigenvalue weighted by Gasteiger charge is -2.23. The van der Waals surface area contributed by atoms with Crippen LogP contribution in [0.4, 0.5) is 5.82 Å². The van der Waals surface area contributed by atoms with Gasteiger partial charge in [0.15, 0.2) is 0 Å². The van der Waals surface area contributed by atoms with Gasteiger partial charge in [-0.15, -0.1) is 0 Å². The number of aromatic nitrogens is 1. The van der Waals surface area contributed by atoms with E-state index < -0.39 is 0 Å². The molecule has 1 aliphatic rings. The average Bonchev–Trinajstić information content (AvgIpc) is 2.63. The van der Waals surface area contributed by atoms with Crippen LogP contribution in [-0.4, -0.2) is 37.8 Å². The predicted molar refractivity (Wildman–Crippen MR) is 74.0 cm³/mol. The van der Waals surface area contributed by atoms with E-state index in [0.29, 0.717) is 6.04 Å². The maximum atomic E-state index is 5.65. The second kappa shape index (κ2) is 6.16. The Balaban J connectivity index is 2.08. The Hall–Kier alpha value is -1.13. The zero-order chi connectivity index (χ0) is 13.0. The Morgan fingerprint density at radius 2 is 2.33 bits per heavy atom. The molecule has 18 heavy (non-hydrogen) atoms. The fourth-order valence-corrected chi connectivity index (χ4v) is 2.21. The van der Waals surface area contributed by atoms with Crippen LogP contribution in [0.3, 0.4) is 0 Å². The second-order valence-corrected chi connectivity index (χ2v) is 4.94. The number of pyridine rings is 1. The molecule has 1 aromatic rings. The van der Waals surface area contributed by atoms with Crippen LogP contribution < -0.4 is 10.2 Å². The highest BCUT2D eigenvalue weighted by Crippen LogP contribution is 2.18. The molecule has 2 unspecified atom stereocenters. The summed E-state index contributed by atoms with van der Waals surface area (Å²) >= 11 is 0. The van der Waals surface area contributed by atoms with E-state index in [1.54, 1.807) is 0 Å². The van der Waals surface area contributed by atoms with E-state index in [0.717, 1.165) is 31.9 Å². The van der Waals surface area contributed by atoms with E-state index in [4.69, 9.17) is 4.74 Å². The van der Waals surface area contributed by atoms with Crippen LogP contribution >= 0.6 is 0 Å². The van der Waals surface area contributed by atoms with Gasteiger partial charge in [0.1, 0.15) is 5.82 Å². The predicted octanol–water partition coefficient (Wildman–Crippen LogP) is 1.98. The van der Waals surface area contributed by atoms with Crippen molar-refractivity contribution in [2.24, 2.45) is 0 Å². The summed E-state index contributed by atoms with van der Waals surface area (Å²) in [6, 6.07) is 4.61. The minimum absolute atomic E-state index is 0.283. The largest absolute Gasteiger partial charge is 0.377 e. The number of ether oxygens (including phenoxy) is 1. The van der Waals surface area contributed by atoms with E-state index in [9.17, 15) is 0 Å². The van der Waals surface area contributed by atoms with Crippen molar-refractivity contribution >= 4 is 5.82 Å². The lowest BCUT2D eigenvalue weighted by Crippen LogP contribution is -2.30. The molecule has 1 aliphatic heterocycles. The number of hydrogen-bond acceptors (Lipinski definition) is 4. The number of nitrogens with one attached hydrogen (secondary N) is 1. The van der Waals surface area contributed by atoms with Gasteiger partial charge >= 0.3 is 0 Å². The second-order valence-electron chi connectivity index (χ2n) is 4.94. The van der Waals surface area contributed by atoms with Gasteiger partial charge in [-0.05, 0) is 38.9 Å². The lowest BCUT2D eigenvalue weighted by molar-refractivity contribution is 0.0820. The van der Waals surface area contributed by atoms with Gasteiger partial charge in [0, 0.05) is 31.9 Å². The van der Waals surface area contributed by atoms with Crippen LogP contribution in [0.1, 0.15) is 31.9 Å². The number of nitrogens with zero attached hydrogens (tertiary/aromatic N) is 2. The topological polar surface area (TPSA) is 37.4 Å². The third-order valence-electron chi connectivity index (χ3n) is 3.48. The first-order valence-corrected chi connectivity index (χ1v) is 6.70. The molecule has 100 valence electrons. The normalized spacial score (nSPS) is 22.6. The zero-order valence-electron chi connectivity index (χ0n) is 11.5. The molecule has 1 aromatic heterocycles. The van der Waals surface area contributed by atoms with Gasteiger partial charge in [0.25, 0.3) is 0 Å². The standard InChI is InChI=1S/C14H23N3O/c1-11-10-17(7-4-8-18-11)14-6-5-13(9-16-14)12(2)15-3/h5-6,9,11-12,15H,4,7-8,10H2,1-3H3. The van der Waals surface area contributed by atoms with Gasteiger partial charge in [-0.2, -0.15) is 0 Å². The van der Waals surface area contributed by atoms with Crippen molar-refractivity contribution in [3.8, 4) is 0 Å². The van der Waals surface area contributed by atoms with Gasteiger partial charge in [-0.3, -0.25) is 0 Å². The monoisotopic (exact) mass is 249 g/mol. The molecule has 1 saturated heterocycles. The molecule has 0 bridgehead atoms. The highest BCUT2D eigenvalue weighted by Gasteiger charge is 2.16. The van der Waals surface area contributed by atoms with E-state index >= 15 is 0 Å². The molecule has 0 radical (unpaired) electrons. The summed E-state index contributed by atoms with van der Waals surface area (Å²) in [6.45, 7) is 7.06. The van der Waals surface area contributed by atoms with Crippen LogP contribution in [0.2, 0.25) is 0 Å². The van der Waals surface area contributed by atoms with Crippen molar-refractivity contribution in [1.29, 1.82) is 0 Å². The van der Waals surface area contributed by atoms with Crippen molar-refractivity contribution in [3.05, 3.63) is 23.9 Å². The average molecular weight is 249 g/mol. The Morgan fingerprint density at radius 1 is 1.50 bits per heavy atom. The molecule has 0 saturated carbocycles. The molecule has 2 rings (SSSR count). The molecular formula is C14H23N3O. The van der Waals surface area contributed by atoms with E-state index in [1.807, 2.05) is 13.2 Å². The molecule has 4 nitrogen and oxygen atoms in total. The van der Waals surface area contributed by atoms with Crippen LogP contribution in [0.15, 0.2) is 18.3 Å². The third kappa shape index (κ3) is 3.21. The molecule has 2 atom stereocenters. The number of hydrogen-bond donors (Lipinski definition) is 1. The highest BCUT2D eigenvalue weighted by atomic mass is 16.5. The van der Waals surface area contributed by atoms with E-state index in [1.165, 1.54) is 5.56 Å². The fraction of sp³-hybridized carbons (Fsp3) is 0.643. The van der Waals surface area contributed by atoms with Crippen molar-refractivity contribution in [3.63, 3.8) is 0 Å². The molecular weight excluding hydrogens is 226 g/mol. The first-order chi connectivity index (χ1) is 8.70.